The Morgan fingerprint density at radius 2 is 2.00 bits per heavy atom. The molecule has 1 amide bonds. The highest BCUT2D eigenvalue weighted by molar-refractivity contribution is 6.05. The first-order valence-corrected chi connectivity index (χ1v) is 8.16. The molecule has 25 heavy (non-hydrogen) atoms. The number of amides is 1. The highest BCUT2D eigenvalue weighted by Crippen LogP contribution is 2.30. The van der Waals surface area contributed by atoms with E-state index in [9.17, 15) is 4.79 Å². The molecule has 0 radical (unpaired) electrons. The number of aromatic amines is 1. The lowest BCUT2D eigenvalue weighted by molar-refractivity contribution is -0.116. The Kier molecular flexibility index (Phi) is 4.88. The Labute approximate surface area is 146 Å². The van der Waals surface area contributed by atoms with Gasteiger partial charge in [-0.1, -0.05) is 24.3 Å². The minimum absolute atomic E-state index is 0.0761. The van der Waals surface area contributed by atoms with E-state index in [-0.39, 0.29) is 5.91 Å². The van der Waals surface area contributed by atoms with Gasteiger partial charge in [-0.25, -0.2) is 0 Å². The zero-order valence-corrected chi connectivity index (χ0v) is 14.7. The van der Waals surface area contributed by atoms with Crippen molar-refractivity contribution < 1.29 is 9.53 Å². The summed E-state index contributed by atoms with van der Waals surface area (Å²) in [5.74, 6) is 1.28. The average molecular weight is 338 g/mol. The fourth-order valence-electron chi connectivity index (χ4n) is 2.87. The van der Waals surface area contributed by atoms with Gasteiger partial charge in [0.25, 0.3) is 0 Å². The molecule has 6 nitrogen and oxygen atoms in total. The van der Waals surface area contributed by atoms with E-state index >= 15 is 0 Å². The number of H-pyrrole nitrogens is 1. The van der Waals surface area contributed by atoms with Gasteiger partial charge in [-0.3, -0.25) is 9.89 Å². The van der Waals surface area contributed by atoms with Gasteiger partial charge in [0, 0.05) is 26.2 Å². The summed E-state index contributed by atoms with van der Waals surface area (Å²) >= 11 is 0. The Bertz CT molecular complexity index is 886. The number of nitrogens with zero attached hydrogens (tertiary/aromatic N) is 2. The number of nitrogens with one attached hydrogen (secondary N) is 2. The van der Waals surface area contributed by atoms with Crippen molar-refractivity contribution in [2.45, 2.75) is 12.8 Å². The molecule has 0 bridgehead atoms. The molecular formula is C19H22N4O2. The van der Waals surface area contributed by atoms with Gasteiger partial charge >= 0.3 is 0 Å². The van der Waals surface area contributed by atoms with Crippen LogP contribution in [0.3, 0.4) is 0 Å². The maximum Gasteiger partial charge on any atom is 0.225 e. The molecule has 0 spiro atoms. The highest BCUT2D eigenvalue weighted by Gasteiger charge is 2.14. The Morgan fingerprint density at radius 3 is 2.76 bits per heavy atom. The number of anilines is 2. The van der Waals surface area contributed by atoms with Gasteiger partial charge in [0.15, 0.2) is 5.82 Å². The zero-order chi connectivity index (χ0) is 17.8. The van der Waals surface area contributed by atoms with Crippen LogP contribution in [0.5, 0.6) is 5.75 Å². The SMILES string of the molecule is COc1ccccc1CCC(=O)Nc1n[nH]c2cccc(N(C)C)c12. The standard InChI is InChI=1S/C19H22N4O2/c1-23(2)15-9-6-8-14-18(15)19(22-21-14)20-17(24)12-11-13-7-4-5-10-16(13)25-3/h4-10H,11-12H2,1-3H3,(H2,20,21,22,24). The third-order valence-electron chi connectivity index (χ3n) is 4.12. The molecule has 2 N–H and O–H groups in total. The van der Waals surface area contributed by atoms with Crippen LogP contribution in [0.1, 0.15) is 12.0 Å². The van der Waals surface area contributed by atoms with E-state index < -0.39 is 0 Å². The van der Waals surface area contributed by atoms with Crippen molar-refractivity contribution in [1.29, 1.82) is 0 Å². The lowest BCUT2D eigenvalue weighted by atomic mass is 10.1. The van der Waals surface area contributed by atoms with E-state index in [1.807, 2.05) is 61.5 Å². The van der Waals surface area contributed by atoms with E-state index in [1.54, 1.807) is 7.11 Å². The number of fused-ring (bicyclic) bond motifs is 1. The highest BCUT2D eigenvalue weighted by atomic mass is 16.5. The van der Waals surface area contributed by atoms with Crippen LogP contribution in [-0.4, -0.2) is 37.3 Å². The summed E-state index contributed by atoms with van der Waals surface area (Å²) in [5.41, 5.74) is 2.92. The van der Waals surface area contributed by atoms with Crippen molar-refractivity contribution in [1.82, 2.24) is 10.2 Å². The molecule has 0 aliphatic heterocycles. The molecule has 3 aromatic rings. The molecule has 0 saturated carbocycles. The summed E-state index contributed by atoms with van der Waals surface area (Å²) in [7, 11) is 5.57. The van der Waals surface area contributed by atoms with E-state index in [4.69, 9.17) is 4.74 Å². The van der Waals surface area contributed by atoms with Crippen LogP contribution < -0.4 is 15.0 Å². The van der Waals surface area contributed by atoms with Gasteiger partial charge in [0.2, 0.25) is 5.91 Å². The topological polar surface area (TPSA) is 70.2 Å². The Balaban J connectivity index is 1.74. The maximum absolute atomic E-state index is 12.4. The summed E-state index contributed by atoms with van der Waals surface area (Å²) in [6.45, 7) is 0. The second kappa shape index (κ2) is 7.25. The average Bonchev–Trinajstić information content (AvgIpc) is 3.03. The van der Waals surface area contributed by atoms with Crippen LogP contribution in [0.4, 0.5) is 11.5 Å². The molecule has 0 aliphatic carbocycles. The molecule has 2 aromatic carbocycles. The summed E-state index contributed by atoms with van der Waals surface area (Å²) in [6.07, 6.45) is 0.970. The van der Waals surface area contributed by atoms with Crippen LogP contribution in [0.25, 0.3) is 10.9 Å². The minimum atomic E-state index is -0.0761. The third kappa shape index (κ3) is 3.57. The Hall–Kier alpha value is -3.02. The van der Waals surface area contributed by atoms with Crippen molar-refractivity contribution in [2.24, 2.45) is 0 Å². The van der Waals surface area contributed by atoms with Crippen molar-refractivity contribution in [3.63, 3.8) is 0 Å². The molecule has 6 heteroatoms. The first-order valence-electron chi connectivity index (χ1n) is 8.16. The maximum atomic E-state index is 12.4. The monoisotopic (exact) mass is 338 g/mol. The van der Waals surface area contributed by atoms with Gasteiger partial charge in [-0.2, -0.15) is 5.10 Å². The second-order valence-corrected chi connectivity index (χ2v) is 6.03. The van der Waals surface area contributed by atoms with E-state index in [0.717, 1.165) is 27.9 Å². The van der Waals surface area contributed by atoms with Gasteiger partial charge in [-0.15, -0.1) is 0 Å². The van der Waals surface area contributed by atoms with E-state index in [2.05, 4.69) is 15.5 Å². The lowest BCUT2D eigenvalue weighted by Gasteiger charge is -2.14. The minimum Gasteiger partial charge on any atom is -0.496 e. The van der Waals surface area contributed by atoms with E-state index in [0.29, 0.717) is 18.7 Å². The van der Waals surface area contributed by atoms with Crippen molar-refractivity contribution in [3.05, 3.63) is 48.0 Å². The van der Waals surface area contributed by atoms with Crippen molar-refractivity contribution >= 4 is 28.3 Å². The predicted octanol–water partition coefficient (Wildman–Crippen LogP) is 3.21. The first kappa shape index (κ1) is 16.8. The fraction of sp³-hybridized carbons (Fsp3) is 0.263. The smallest absolute Gasteiger partial charge is 0.225 e. The second-order valence-electron chi connectivity index (χ2n) is 6.03. The fourth-order valence-corrected chi connectivity index (χ4v) is 2.87. The molecule has 0 unspecified atom stereocenters. The Morgan fingerprint density at radius 1 is 1.20 bits per heavy atom. The number of aromatic nitrogens is 2. The van der Waals surface area contributed by atoms with Crippen LogP contribution in [0.2, 0.25) is 0 Å². The van der Waals surface area contributed by atoms with Crippen LogP contribution >= 0.6 is 0 Å². The number of hydrogen-bond donors (Lipinski definition) is 2. The van der Waals surface area contributed by atoms with E-state index in [1.165, 1.54) is 0 Å². The molecule has 0 fully saturated rings. The summed E-state index contributed by atoms with van der Waals surface area (Å²) < 4.78 is 5.33. The van der Waals surface area contributed by atoms with Crippen LogP contribution in [-0.2, 0) is 11.2 Å². The van der Waals surface area contributed by atoms with Crippen LogP contribution in [0, 0.1) is 0 Å². The molecule has 0 atom stereocenters. The number of para-hydroxylation sites is 1. The van der Waals surface area contributed by atoms with Gasteiger partial charge in [-0.05, 0) is 30.2 Å². The molecule has 0 aliphatic rings. The largest absolute Gasteiger partial charge is 0.496 e. The number of ether oxygens (including phenoxy) is 1. The molecule has 3 rings (SSSR count). The van der Waals surface area contributed by atoms with Crippen LogP contribution in [0.15, 0.2) is 42.5 Å². The number of aryl methyl sites for hydroxylation is 1. The van der Waals surface area contributed by atoms with Crippen molar-refractivity contribution in [2.75, 3.05) is 31.4 Å². The number of hydrogen-bond acceptors (Lipinski definition) is 4. The molecule has 1 heterocycles. The molecular weight excluding hydrogens is 316 g/mol. The molecule has 0 saturated heterocycles. The zero-order valence-electron chi connectivity index (χ0n) is 14.7. The first-order chi connectivity index (χ1) is 12.1. The number of methoxy groups -OCH3 is 1. The van der Waals surface area contributed by atoms with Gasteiger partial charge < -0.3 is 15.0 Å². The molecule has 130 valence electrons. The lowest BCUT2D eigenvalue weighted by Crippen LogP contribution is -2.14. The number of carbonyl (C=O) groups excluding carboxylic acids is 1. The number of rotatable bonds is 6. The predicted molar refractivity (Wildman–Crippen MR) is 100 cm³/mol. The third-order valence-corrected chi connectivity index (χ3v) is 4.12. The van der Waals surface area contributed by atoms with Gasteiger partial charge in [0.1, 0.15) is 5.75 Å². The normalized spacial score (nSPS) is 10.7. The summed E-state index contributed by atoms with van der Waals surface area (Å²) in [5, 5.41) is 11.1. The molecule has 1 aromatic heterocycles. The summed E-state index contributed by atoms with van der Waals surface area (Å²) in [6, 6.07) is 13.6. The summed E-state index contributed by atoms with van der Waals surface area (Å²) in [4.78, 5) is 14.4. The number of carbonyl (C=O) groups is 1. The number of benzene rings is 2. The van der Waals surface area contributed by atoms with Gasteiger partial charge in [0.05, 0.1) is 18.0 Å². The van der Waals surface area contributed by atoms with Crippen molar-refractivity contribution in [3.8, 4) is 5.75 Å². The quantitative estimate of drug-likeness (QED) is 0.724.